The van der Waals surface area contributed by atoms with E-state index in [2.05, 4.69) is 0 Å². The molecule has 7 heteroatoms. The molecule has 0 aliphatic rings. The number of hydrogen-bond acceptors (Lipinski definition) is 4. The zero-order chi connectivity index (χ0) is 10.8. The number of phenolic OH excluding ortho intramolecular Hbond substituents is 1. The van der Waals surface area contributed by atoms with Gasteiger partial charge in [-0.1, -0.05) is 6.07 Å². The van der Waals surface area contributed by atoms with E-state index in [0.29, 0.717) is 0 Å². The van der Waals surface area contributed by atoms with Crippen molar-refractivity contribution in [2.45, 2.75) is 0 Å². The molecule has 0 amide bonds. The molecular formula is C7H7N3O3S. The zero-order valence-electron chi connectivity index (χ0n) is 6.93. The lowest BCUT2D eigenvalue weighted by molar-refractivity contribution is 0.474. The van der Waals surface area contributed by atoms with Crippen molar-refractivity contribution in [3.05, 3.63) is 23.8 Å². The van der Waals surface area contributed by atoms with Crippen LogP contribution < -0.4 is 9.86 Å². The number of nitriles is 1. The molecule has 0 saturated carbocycles. The third-order valence-electron chi connectivity index (χ3n) is 1.41. The lowest BCUT2D eigenvalue weighted by Crippen LogP contribution is -2.22. The fourth-order valence-corrected chi connectivity index (χ4v) is 1.37. The number of nitrogens with one attached hydrogen (secondary N) is 1. The van der Waals surface area contributed by atoms with Gasteiger partial charge in [0.15, 0.2) is 0 Å². The molecule has 0 unspecified atom stereocenters. The van der Waals surface area contributed by atoms with Crippen molar-refractivity contribution in [1.29, 1.82) is 5.26 Å². The van der Waals surface area contributed by atoms with Crippen LogP contribution in [0.25, 0.3) is 0 Å². The topological polar surface area (TPSA) is 116 Å². The van der Waals surface area contributed by atoms with Crippen molar-refractivity contribution in [2.75, 3.05) is 4.72 Å². The summed E-state index contributed by atoms with van der Waals surface area (Å²) < 4.78 is 23.2. The first-order chi connectivity index (χ1) is 6.44. The molecular weight excluding hydrogens is 206 g/mol. The predicted octanol–water partition coefficient (Wildman–Crippen LogP) is -0.121. The fourth-order valence-electron chi connectivity index (χ4n) is 0.896. The molecule has 1 rings (SSSR count). The average Bonchev–Trinajstić information content (AvgIpc) is 2.01. The molecule has 14 heavy (non-hydrogen) atoms. The van der Waals surface area contributed by atoms with Crippen LogP contribution >= 0.6 is 0 Å². The Kier molecular flexibility index (Phi) is 2.60. The van der Waals surface area contributed by atoms with Crippen molar-refractivity contribution in [3.63, 3.8) is 0 Å². The molecule has 0 spiro atoms. The minimum absolute atomic E-state index is 0.0463. The van der Waals surface area contributed by atoms with Gasteiger partial charge in [0.05, 0.1) is 5.69 Å². The number of nitrogens with two attached hydrogens (primary N) is 1. The van der Waals surface area contributed by atoms with E-state index in [9.17, 15) is 13.5 Å². The first-order valence-electron chi connectivity index (χ1n) is 3.46. The number of aromatic hydroxyl groups is 1. The van der Waals surface area contributed by atoms with Crippen LogP contribution in [0.2, 0.25) is 0 Å². The normalized spacial score (nSPS) is 10.6. The summed E-state index contributed by atoms with van der Waals surface area (Å²) in [6.45, 7) is 0. The summed E-state index contributed by atoms with van der Waals surface area (Å²) in [7, 11) is -3.94. The minimum atomic E-state index is -3.94. The Bertz CT molecular complexity index is 489. The molecule has 6 nitrogen and oxygen atoms in total. The van der Waals surface area contributed by atoms with Gasteiger partial charge in [-0.2, -0.15) is 13.7 Å². The van der Waals surface area contributed by atoms with Crippen LogP contribution in [0.15, 0.2) is 18.2 Å². The smallest absolute Gasteiger partial charge is 0.296 e. The number of hydrogen-bond donors (Lipinski definition) is 3. The molecule has 1 aromatic rings. The van der Waals surface area contributed by atoms with Crippen LogP contribution in [0.3, 0.4) is 0 Å². The van der Waals surface area contributed by atoms with Gasteiger partial charge in [-0.15, -0.1) is 0 Å². The third-order valence-corrected chi connectivity index (χ3v) is 1.91. The maximum atomic E-state index is 10.7. The van der Waals surface area contributed by atoms with Gasteiger partial charge < -0.3 is 5.11 Å². The molecule has 0 fully saturated rings. The summed E-state index contributed by atoms with van der Waals surface area (Å²) in [5.74, 6) is -0.304. The molecule has 0 aliphatic carbocycles. The molecule has 0 atom stereocenters. The van der Waals surface area contributed by atoms with Gasteiger partial charge in [0.1, 0.15) is 17.4 Å². The first-order valence-corrected chi connectivity index (χ1v) is 5.01. The summed E-state index contributed by atoms with van der Waals surface area (Å²) in [5.41, 5.74) is -0.212. The predicted molar refractivity (Wildman–Crippen MR) is 49.6 cm³/mol. The van der Waals surface area contributed by atoms with Gasteiger partial charge in [0, 0.05) is 0 Å². The van der Waals surface area contributed by atoms with Crippen molar-refractivity contribution in [1.82, 2.24) is 0 Å². The van der Waals surface area contributed by atoms with E-state index in [4.69, 9.17) is 10.4 Å². The summed E-state index contributed by atoms with van der Waals surface area (Å²) in [4.78, 5) is 0. The summed E-state index contributed by atoms with van der Waals surface area (Å²) in [5, 5.41) is 22.5. The van der Waals surface area contributed by atoms with E-state index in [1.165, 1.54) is 18.2 Å². The third kappa shape index (κ3) is 2.35. The lowest BCUT2D eigenvalue weighted by Gasteiger charge is -2.05. The highest BCUT2D eigenvalue weighted by molar-refractivity contribution is 7.90. The van der Waals surface area contributed by atoms with E-state index in [-0.39, 0.29) is 17.0 Å². The van der Waals surface area contributed by atoms with Gasteiger partial charge in [-0.05, 0) is 12.1 Å². The Hall–Kier alpha value is -1.78. The Balaban J connectivity index is 3.24. The molecule has 4 N–H and O–H groups in total. The van der Waals surface area contributed by atoms with E-state index >= 15 is 0 Å². The molecule has 0 heterocycles. The Morgan fingerprint density at radius 3 is 2.64 bits per heavy atom. The van der Waals surface area contributed by atoms with Crippen molar-refractivity contribution >= 4 is 15.9 Å². The quantitative estimate of drug-likeness (QED) is 0.634. The van der Waals surface area contributed by atoms with Gasteiger partial charge in [-0.25, -0.2) is 5.14 Å². The Labute approximate surface area is 80.8 Å². The van der Waals surface area contributed by atoms with E-state index < -0.39 is 10.2 Å². The van der Waals surface area contributed by atoms with Crippen molar-refractivity contribution in [2.24, 2.45) is 5.14 Å². The maximum Gasteiger partial charge on any atom is 0.296 e. The van der Waals surface area contributed by atoms with Crippen LogP contribution in [0, 0.1) is 11.3 Å². The molecule has 0 bridgehead atoms. The minimum Gasteiger partial charge on any atom is -0.506 e. The molecule has 0 radical (unpaired) electrons. The molecule has 0 aliphatic heterocycles. The van der Waals surface area contributed by atoms with Crippen molar-refractivity contribution < 1.29 is 13.5 Å². The van der Waals surface area contributed by atoms with E-state index in [0.717, 1.165) is 0 Å². The largest absolute Gasteiger partial charge is 0.506 e. The van der Waals surface area contributed by atoms with Gasteiger partial charge >= 0.3 is 0 Å². The van der Waals surface area contributed by atoms with E-state index in [1.807, 2.05) is 4.72 Å². The second-order valence-corrected chi connectivity index (χ2v) is 3.75. The summed E-state index contributed by atoms with van der Waals surface area (Å²) in [6.07, 6.45) is 0. The van der Waals surface area contributed by atoms with Crippen LogP contribution in [0.1, 0.15) is 5.56 Å². The van der Waals surface area contributed by atoms with Crippen LogP contribution in [0.5, 0.6) is 5.75 Å². The standard InChI is InChI=1S/C7H7N3O3S/c8-4-5-6(10-14(9,12)13)2-1-3-7(5)11/h1-3,10-11H,(H2,9,12,13). The molecule has 0 aromatic heterocycles. The van der Waals surface area contributed by atoms with Gasteiger partial charge in [-0.3, -0.25) is 4.72 Å². The van der Waals surface area contributed by atoms with Crippen LogP contribution in [0.4, 0.5) is 5.69 Å². The summed E-state index contributed by atoms with van der Waals surface area (Å²) in [6, 6.07) is 5.64. The highest BCUT2D eigenvalue weighted by Crippen LogP contribution is 2.24. The van der Waals surface area contributed by atoms with Crippen LogP contribution in [-0.4, -0.2) is 13.5 Å². The second-order valence-electron chi connectivity index (χ2n) is 2.46. The van der Waals surface area contributed by atoms with Gasteiger partial charge in [0.2, 0.25) is 0 Å². The number of benzene rings is 1. The average molecular weight is 213 g/mol. The Morgan fingerprint density at radius 2 is 2.14 bits per heavy atom. The van der Waals surface area contributed by atoms with Crippen LogP contribution in [-0.2, 0) is 10.2 Å². The first kappa shape index (κ1) is 10.3. The molecule has 74 valence electrons. The number of phenols is 1. The lowest BCUT2D eigenvalue weighted by atomic mass is 10.2. The zero-order valence-corrected chi connectivity index (χ0v) is 7.75. The number of rotatable bonds is 2. The van der Waals surface area contributed by atoms with Crippen molar-refractivity contribution in [3.8, 4) is 11.8 Å². The molecule has 1 aromatic carbocycles. The second kappa shape index (κ2) is 3.53. The SMILES string of the molecule is N#Cc1c(O)cccc1NS(N)(=O)=O. The fraction of sp³-hybridized carbons (Fsp3) is 0. The van der Waals surface area contributed by atoms with Gasteiger partial charge in [0.25, 0.3) is 10.2 Å². The maximum absolute atomic E-state index is 10.7. The summed E-state index contributed by atoms with van der Waals surface area (Å²) >= 11 is 0. The number of nitrogens with zero attached hydrogens (tertiary/aromatic N) is 1. The number of anilines is 1. The molecule has 0 saturated heterocycles. The highest BCUT2D eigenvalue weighted by Gasteiger charge is 2.10. The van der Waals surface area contributed by atoms with E-state index in [1.54, 1.807) is 6.07 Å². The Morgan fingerprint density at radius 1 is 1.50 bits per heavy atom. The highest BCUT2D eigenvalue weighted by atomic mass is 32.2. The monoisotopic (exact) mass is 213 g/mol.